The lowest BCUT2D eigenvalue weighted by molar-refractivity contribution is 0.241. The van der Waals surface area contributed by atoms with Crippen LogP contribution in [0.1, 0.15) is 18.9 Å². The van der Waals surface area contributed by atoms with Crippen molar-refractivity contribution in [2.75, 3.05) is 20.2 Å². The summed E-state index contributed by atoms with van der Waals surface area (Å²) in [6.07, 6.45) is 4.37. The first-order chi connectivity index (χ1) is 14.7. The minimum absolute atomic E-state index is 0.134. The van der Waals surface area contributed by atoms with E-state index < -0.39 is 0 Å². The van der Waals surface area contributed by atoms with Gasteiger partial charge in [0.25, 0.3) is 0 Å². The van der Waals surface area contributed by atoms with Gasteiger partial charge in [-0.1, -0.05) is 0 Å². The van der Waals surface area contributed by atoms with Crippen molar-refractivity contribution in [1.82, 2.24) is 20.2 Å². The smallest absolute Gasteiger partial charge is 0.314 e. The third-order valence-electron chi connectivity index (χ3n) is 4.51. The molecule has 0 aliphatic carbocycles. The molecule has 0 atom stereocenters. The zero-order chi connectivity index (χ0) is 21.2. The van der Waals surface area contributed by atoms with Crippen LogP contribution in [0, 0.1) is 0 Å². The monoisotopic (exact) mass is 425 g/mol. The first kappa shape index (κ1) is 21.6. The third kappa shape index (κ3) is 5.93. The number of hydrogen-bond acceptors (Lipinski definition) is 5. The number of carbonyl (C=O) groups excluding carboxylic acids is 1. The zero-order valence-corrected chi connectivity index (χ0v) is 18.1. The largest absolute Gasteiger partial charge is 0.497 e. The van der Waals surface area contributed by atoms with E-state index >= 15 is 0 Å². The molecule has 0 radical (unpaired) electrons. The third-order valence-corrected chi connectivity index (χ3v) is 5.41. The molecular weight excluding hydrogens is 398 g/mol. The Kier molecular flexibility index (Phi) is 8.02. The number of ether oxygens (including phenoxy) is 1. The molecule has 8 heteroatoms. The van der Waals surface area contributed by atoms with Crippen molar-refractivity contribution in [3.63, 3.8) is 0 Å². The molecule has 0 fully saturated rings. The summed E-state index contributed by atoms with van der Waals surface area (Å²) < 4.78 is 7.49. The van der Waals surface area contributed by atoms with Crippen LogP contribution in [0.2, 0.25) is 0 Å². The van der Waals surface area contributed by atoms with E-state index in [2.05, 4.69) is 37.7 Å². The highest BCUT2D eigenvalue weighted by atomic mass is 32.1. The average molecular weight is 426 g/mol. The molecule has 7 nitrogen and oxygen atoms in total. The van der Waals surface area contributed by atoms with Gasteiger partial charge in [-0.3, -0.25) is 9.98 Å². The number of nitrogens with one attached hydrogen (secondary N) is 2. The number of carbonyl (C=O) groups is 1. The van der Waals surface area contributed by atoms with Crippen LogP contribution in [0.5, 0.6) is 5.75 Å². The van der Waals surface area contributed by atoms with Crippen molar-refractivity contribution in [3.8, 4) is 17.0 Å². The number of methoxy groups -OCH3 is 1. The van der Waals surface area contributed by atoms with Crippen LogP contribution in [0.25, 0.3) is 11.3 Å². The highest BCUT2D eigenvalue weighted by molar-refractivity contribution is 7.07. The van der Waals surface area contributed by atoms with Crippen molar-refractivity contribution in [1.29, 1.82) is 0 Å². The molecule has 3 aromatic rings. The topological polar surface area (TPSA) is 80.5 Å². The molecule has 2 N–H and O–H groups in total. The number of benzene rings is 1. The molecule has 0 saturated carbocycles. The lowest BCUT2D eigenvalue weighted by Gasteiger charge is -2.11. The van der Waals surface area contributed by atoms with E-state index in [1.165, 1.54) is 0 Å². The Morgan fingerprint density at radius 3 is 2.63 bits per heavy atom. The molecule has 1 aromatic carbocycles. The highest BCUT2D eigenvalue weighted by Crippen LogP contribution is 2.23. The highest BCUT2D eigenvalue weighted by Gasteiger charge is 2.09. The molecule has 0 saturated heterocycles. The number of rotatable bonds is 9. The normalized spacial score (nSPS) is 11.3. The number of thiazole rings is 1. The molecule has 158 valence electrons. The summed E-state index contributed by atoms with van der Waals surface area (Å²) in [5.74, 6) is 0.828. The Hall–Kier alpha value is -3.13. The Bertz CT molecular complexity index is 996. The predicted molar refractivity (Wildman–Crippen MR) is 119 cm³/mol. The quantitative estimate of drug-likeness (QED) is 0.516. The molecule has 3 rings (SSSR count). The predicted octanol–water partition coefficient (Wildman–Crippen LogP) is 3.43. The van der Waals surface area contributed by atoms with Gasteiger partial charge in [-0.15, -0.1) is 11.3 Å². The maximum atomic E-state index is 11.6. The van der Waals surface area contributed by atoms with E-state index in [0.29, 0.717) is 19.6 Å². The standard InChI is InChI=1S/C22H27N5O2S/c1-3-24-21(28)25-11-4-14-27-20(18-5-7-19(29-2)8-6-18)16-30-22(27)26-15-17-9-12-23-13-10-17/h5-10,12-13,16H,3-4,11,14-15H2,1-2H3,(H2,24,25,28). The zero-order valence-electron chi connectivity index (χ0n) is 17.3. The molecule has 2 amide bonds. The lowest BCUT2D eigenvalue weighted by atomic mass is 10.1. The molecule has 30 heavy (non-hydrogen) atoms. The summed E-state index contributed by atoms with van der Waals surface area (Å²) >= 11 is 1.62. The fraction of sp³-hybridized carbons (Fsp3) is 0.318. The lowest BCUT2D eigenvalue weighted by Crippen LogP contribution is -2.36. The van der Waals surface area contributed by atoms with E-state index in [9.17, 15) is 4.79 Å². The minimum Gasteiger partial charge on any atom is -0.497 e. The number of hydrogen-bond donors (Lipinski definition) is 2. The Labute approximate surface area is 180 Å². The Morgan fingerprint density at radius 2 is 1.93 bits per heavy atom. The SMILES string of the molecule is CCNC(=O)NCCCn1c(-c2ccc(OC)cc2)csc1=NCc1ccncc1. The van der Waals surface area contributed by atoms with Gasteiger partial charge in [-0.2, -0.15) is 0 Å². The fourth-order valence-corrected chi connectivity index (χ4v) is 3.91. The van der Waals surface area contributed by atoms with E-state index in [1.807, 2.05) is 31.2 Å². The summed E-state index contributed by atoms with van der Waals surface area (Å²) in [5, 5.41) is 7.76. The number of aromatic nitrogens is 2. The second kappa shape index (κ2) is 11.2. The summed E-state index contributed by atoms with van der Waals surface area (Å²) in [5.41, 5.74) is 3.33. The van der Waals surface area contributed by atoms with Gasteiger partial charge < -0.3 is 19.9 Å². The van der Waals surface area contributed by atoms with Crippen molar-refractivity contribution in [2.45, 2.75) is 26.4 Å². The van der Waals surface area contributed by atoms with Gasteiger partial charge in [-0.05, 0) is 60.9 Å². The van der Waals surface area contributed by atoms with Crippen molar-refractivity contribution in [3.05, 3.63) is 64.5 Å². The van der Waals surface area contributed by atoms with Gasteiger partial charge in [-0.25, -0.2) is 4.79 Å². The summed E-state index contributed by atoms with van der Waals surface area (Å²) in [6.45, 7) is 4.47. The minimum atomic E-state index is -0.134. The molecule has 0 unspecified atom stereocenters. The molecular formula is C22H27N5O2S. The van der Waals surface area contributed by atoms with Crippen LogP contribution in [0.15, 0.2) is 59.2 Å². The van der Waals surface area contributed by atoms with Gasteiger partial charge >= 0.3 is 6.03 Å². The summed E-state index contributed by atoms with van der Waals surface area (Å²) in [6, 6.07) is 11.8. The molecule has 0 bridgehead atoms. The Morgan fingerprint density at radius 1 is 1.17 bits per heavy atom. The van der Waals surface area contributed by atoms with Gasteiger partial charge in [0.15, 0.2) is 4.80 Å². The molecule has 2 heterocycles. The van der Waals surface area contributed by atoms with Crippen LogP contribution in [-0.4, -0.2) is 35.8 Å². The summed E-state index contributed by atoms with van der Waals surface area (Å²) in [4.78, 5) is 21.5. The van der Waals surface area contributed by atoms with Gasteiger partial charge in [0.1, 0.15) is 5.75 Å². The van der Waals surface area contributed by atoms with E-state index in [1.54, 1.807) is 30.8 Å². The second-order valence-corrected chi connectivity index (χ2v) is 7.43. The molecule has 0 aliphatic heterocycles. The van der Waals surface area contributed by atoms with Crippen LogP contribution in [-0.2, 0) is 13.1 Å². The maximum Gasteiger partial charge on any atom is 0.314 e. The molecule has 2 aromatic heterocycles. The van der Waals surface area contributed by atoms with Gasteiger partial charge in [0, 0.05) is 37.4 Å². The first-order valence-electron chi connectivity index (χ1n) is 9.95. The average Bonchev–Trinajstić information content (AvgIpc) is 3.19. The van der Waals surface area contributed by atoms with Crippen molar-refractivity contribution < 1.29 is 9.53 Å². The van der Waals surface area contributed by atoms with Gasteiger partial charge in [0.05, 0.1) is 19.3 Å². The Balaban J connectivity index is 1.80. The van der Waals surface area contributed by atoms with Crippen LogP contribution >= 0.6 is 11.3 Å². The van der Waals surface area contributed by atoms with Gasteiger partial charge in [0.2, 0.25) is 0 Å². The second-order valence-electron chi connectivity index (χ2n) is 6.60. The van der Waals surface area contributed by atoms with E-state index in [-0.39, 0.29) is 6.03 Å². The number of nitrogens with zero attached hydrogens (tertiary/aromatic N) is 3. The first-order valence-corrected chi connectivity index (χ1v) is 10.8. The van der Waals surface area contributed by atoms with E-state index in [4.69, 9.17) is 9.73 Å². The molecule has 0 aliphatic rings. The van der Waals surface area contributed by atoms with Crippen molar-refractivity contribution >= 4 is 17.4 Å². The number of pyridine rings is 1. The molecule has 0 spiro atoms. The van der Waals surface area contributed by atoms with Crippen LogP contribution < -0.4 is 20.2 Å². The fourth-order valence-electron chi connectivity index (χ4n) is 2.97. The van der Waals surface area contributed by atoms with E-state index in [0.717, 1.165) is 40.3 Å². The van der Waals surface area contributed by atoms with Crippen LogP contribution in [0.4, 0.5) is 4.79 Å². The maximum absolute atomic E-state index is 11.6. The van der Waals surface area contributed by atoms with Crippen LogP contribution in [0.3, 0.4) is 0 Å². The summed E-state index contributed by atoms with van der Waals surface area (Å²) in [7, 11) is 1.66. The van der Waals surface area contributed by atoms with Crippen molar-refractivity contribution in [2.24, 2.45) is 4.99 Å². The number of amides is 2. The number of urea groups is 1.